The van der Waals surface area contributed by atoms with Gasteiger partial charge in [0.25, 0.3) is 0 Å². The highest BCUT2D eigenvalue weighted by Gasteiger charge is 2.25. The summed E-state index contributed by atoms with van der Waals surface area (Å²) in [6.45, 7) is 0. The Morgan fingerprint density at radius 1 is 0.500 bits per heavy atom. The third-order valence-corrected chi connectivity index (χ3v) is 9.96. The fourth-order valence-electron chi connectivity index (χ4n) is 7.62. The Morgan fingerprint density at radius 2 is 1.18 bits per heavy atom. The summed E-state index contributed by atoms with van der Waals surface area (Å²) in [5.74, 6) is 0.758. The van der Waals surface area contributed by atoms with E-state index in [1.54, 1.807) is 0 Å². The van der Waals surface area contributed by atoms with Gasteiger partial charge in [0.2, 0.25) is 0 Å². The van der Waals surface area contributed by atoms with Crippen LogP contribution in [0.2, 0.25) is 0 Å². The molecular weight excluding hydrogens is 611 g/mol. The highest BCUT2D eigenvalue weighted by atomic mass is 16.3. The molecule has 10 rings (SSSR count). The third kappa shape index (κ3) is 4.68. The Labute approximate surface area is 289 Å². The van der Waals surface area contributed by atoms with Gasteiger partial charge in [-0.15, -0.1) is 0 Å². The first-order chi connectivity index (χ1) is 24.8. The lowest BCUT2D eigenvalue weighted by molar-refractivity contribution is 0.667. The Hall–Kier alpha value is -6.52. The molecule has 4 nitrogen and oxygen atoms in total. The molecule has 1 unspecified atom stereocenters. The van der Waals surface area contributed by atoms with Gasteiger partial charge in [-0.25, -0.2) is 4.99 Å². The van der Waals surface area contributed by atoms with Crippen LogP contribution in [0.4, 0.5) is 0 Å². The molecule has 0 N–H and O–H groups in total. The molecule has 0 fully saturated rings. The SMILES string of the molecule is c1ccc(C2=NC(c3ccccc3)=NC(c3cccc4oc5cc(-n6c7ccccc7c7ccc(-c8ccccc8)cc76)ccc5c34)C2)cc1. The largest absolute Gasteiger partial charge is 0.456 e. The summed E-state index contributed by atoms with van der Waals surface area (Å²) in [6.07, 6.45) is 0.704. The van der Waals surface area contributed by atoms with Crippen molar-refractivity contribution in [1.29, 1.82) is 0 Å². The molecule has 4 heteroatoms. The van der Waals surface area contributed by atoms with E-state index in [0.29, 0.717) is 6.42 Å². The highest BCUT2D eigenvalue weighted by molar-refractivity contribution is 6.15. The standard InChI is InChI=1S/C46H31N3O/c1-4-13-30(14-5-1)33-23-25-36-35-19-10-11-21-41(35)49(42(36)27-33)34-24-26-38-44(28-34)50-43-22-12-20-37(45(38)43)40-29-39(31-15-6-2-7-16-31)47-46(48-40)32-17-8-3-9-18-32/h1-28,40H,29H2. The van der Waals surface area contributed by atoms with Gasteiger partial charge in [0, 0.05) is 45.3 Å². The molecule has 0 amide bonds. The Kier molecular flexibility index (Phi) is 6.59. The molecule has 2 aromatic heterocycles. The number of amidine groups is 1. The number of para-hydroxylation sites is 1. The predicted octanol–water partition coefficient (Wildman–Crippen LogP) is 11.7. The second-order valence-electron chi connectivity index (χ2n) is 12.9. The van der Waals surface area contributed by atoms with Crippen LogP contribution < -0.4 is 0 Å². The van der Waals surface area contributed by atoms with Gasteiger partial charge in [0.05, 0.1) is 22.8 Å². The summed E-state index contributed by atoms with van der Waals surface area (Å²) < 4.78 is 9.04. The summed E-state index contributed by atoms with van der Waals surface area (Å²) >= 11 is 0. The second kappa shape index (κ2) is 11.6. The van der Waals surface area contributed by atoms with E-state index in [2.05, 4.69) is 150 Å². The number of fused-ring (bicyclic) bond motifs is 6. The quantitative estimate of drug-likeness (QED) is 0.184. The van der Waals surface area contributed by atoms with Gasteiger partial charge in [0.1, 0.15) is 11.2 Å². The van der Waals surface area contributed by atoms with E-state index in [1.165, 1.54) is 32.9 Å². The van der Waals surface area contributed by atoms with E-state index >= 15 is 0 Å². The molecule has 1 aliphatic heterocycles. The van der Waals surface area contributed by atoms with Crippen LogP contribution in [-0.2, 0) is 0 Å². The summed E-state index contributed by atoms with van der Waals surface area (Å²) in [4.78, 5) is 10.4. The van der Waals surface area contributed by atoms with Crippen LogP contribution >= 0.6 is 0 Å². The highest BCUT2D eigenvalue weighted by Crippen LogP contribution is 2.41. The number of aliphatic imine (C=N–C) groups is 2. The summed E-state index contributed by atoms with van der Waals surface area (Å²) in [5, 5.41) is 4.66. The average molecular weight is 642 g/mol. The molecule has 0 bridgehead atoms. The third-order valence-electron chi connectivity index (χ3n) is 9.96. The van der Waals surface area contributed by atoms with Crippen LogP contribution in [0, 0.1) is 0 Å². The van der Waals surface area contributed by atoms with Gasteiger partial charge in [0.15, 0.2) is 5.84 Å². The molecule has 0 saturated carbocycles. The molecule has 236 valence electrons. The Bertz CT molecular complexity index is 2770. The van der Waals surface area contributed by atoms with Crippen LogP contribution in [0.25, 0.3) is 60.6 Å². The molecular formula is C46H31N3O. The summed E-state index contributed by atoms with van der Waals surface area (Å²) in [6, 6.07) is 59.6. The first-order valence-electron chi connectivity index (χ1n) is 17.1. The lowest BCUT2D eigenvalue weighted by Gasteiger charge is -2.22. The summed E-state index contributed by atoms with van der Waals surface area (Å²) in [5.41, 5.74) is 11.8. The maximum absolute atomic E-state index is 6.67. The number of nitrogens with zero attached hydrogens (tertiary/aromatic N) is 3. The Balaban J connectivity index is 1.13. The number of benzene rings is 7. The average Bonchev–Trinajstić information content (AvgIpc) is 3.73. The first kappa shape index (κ1) is 28.5. The lowest BCUT2D eigenvalue weighted by Crippen LogP contribution is -2.17. The van der Waals surface area contributed by atoms with E-state index in [-0.39, 0.29) is 6.04 Å². The number of rotatable bonds is 5. The van der Waals surface area contributed by atoms with Crippen molar-refractivity contribution in [2.45, 2.75) is 12.5 Å². The van der Waals surface area contributed by atoms with Gasteiger partial charge in [-0.05, 0) is 52.6 Å². The monoisotopic (exact) mass is 641 g/mol. The fourth-order valence-corrected chi connectivity index (χ4v) is 7.62. The van der Waals surface area contributed by atoms with Crippen molar-refractivity contribution in [3.05, 3.63) is 187 Å². The first-order valence-corrected chi connectivity index (χ1v) is 17.1. The second-order valence-corrected chi connectivity index (χ2v) is 12.9. The minimum Gasteiger partial charge on any atom is -0.456 e. The molecule has 50 heavy (non-hydrogen) atoms. The van der Waals surface area contributed by atoms with Crippen LogP contribution in [0.5, 0.6) is 0 Å². The maximum atomic E-state index is 6.67. The van der Waals surface area contributed by atoms with Crippen molar-refractivity contribution in [2.75, 3.05) is 0 Å². The van der Waals surface area contributed by atoms with E-state index in [0.717, 1.165) is 55.9 Å². The zero-order valence-electron chi connectivity index (χ0n) is 27.2. The fraction of sp³-hybridized carbons (Fsp3) is 0.0435. The topological polar surface area (TPSA) is 42.8 Å². The molecule has 0 spiro atoms. The molecule has 1 aliphatic rings. The van der Waals surface area contributed by atoms with Crippen LogP contribution in [0.1, 0.15) is 29.2 Å². The molecule has 0 radical (unpaired) electrons. The van der Waals surface area contributed by atoms with Crippen molar-refractivity contribution in [3.8, 4) is 16.8 Å². The van der Waals surface area contributed by atoms with Crippen molar-refractivity contribution in [3.63, 3.8) is 0 Å². The van der Waals surface area contributed by atoms with E-state index in [4.69, 9.17) is 14.4 Å². The van der Waals surface area contributed by atoms with Crippen molar-refractivity contribution in [1.82, 2.24) is 4.57 Å². The lowest BCUT2D eigenvalue weighted by atomic mass is 9.93. The van der Waals surface area contributed by atoms with Crippen molar-refractivity contribution in [2.24, 2.45) is 9.98 Å². The van der Waals surface area contributed by atoms with Crippen LogP contribution in [0.3, 0.4) is 0 Å². The minimum absolute atomic E-state index is 0.115. The van der Waals surface area contributed by atoms with Gasteiger partial charge >= 0.3 is 0 Å². The van der Waals surface area contributed by atoms with E-state index in [1.807, 2.05) is 24.3 Å². The zero-order chi connectivity index (χ0) is 33.0. The van der Waals surface area contributed by atoms with E-state index in [9.17, 15) is 0 Å². The van der Waals surface area contributed by atoms with Crippen molar-refractivity contribution >= 4 is 55.3 Å². The van der Waals surface area contributed by atoms with E-state index < -0.39 is 0 Å². The molecule has 9 aromatic rings. The van der Waals surface area contributed by atoms with Gasteiger partial charge in [-0.3, -0.25) is 4.99 Å². The smallest absolute Gasteiger partial charge is 0.155 e. The normalized spacial score (nSPS) is 14.8. The predicted molar refractivity (Wildman–Crippen MR) is 207 cm³/mol. The van der Waals surface area contributed by atoms with Crippen molar-refractivity contribution < 1.29 is 4.42 Å². The van der Waals surface area contributed by atoms with Gasteiger partial charge in [-0.2, -0.15) is 0 Å². The Morgan fingerprint density at radius 3 is 1.98 bits per heavy atom. The molecule has 1 atom stereocenters. The number of hydrogen-bond acceptors (Lipinski definition) is 3. The van der Waals surface area contributed by atoms with Gasteiger partial charge in [-0.1, -0.05) is 133 Å². The molecule has 3 heterocycles. The molecule has 0 saturated heterocycles. The number of aromatic nitrogens is 1. The molecule has 0 aliphatic carbocycles. The summed E-state index contributed by atoms with van der Waals surface area (Å²) in [7, 11) is 0. The maximum Gasteiger partial charge on any atom is 0.155 e. The minimum atomic E-state index is -0.115. The molecule has 7 aromatic carbocycles. The number of furan rings is 1. The number of hydrogen-bond donors (Lipinski definition) is 0. The van der Waals surface area contributed by atoms with Crippen LogP contribution in [-0.4, -0.2) is 16.1 Å². The van der Waals surface area contributed by atoms with Gasteiger partial charge < -0.3 is 8.98 Å². The zero-order valence-corrected chi connectivity index (χ0v) is 27.2. The van der Waals surface area contributed by atoms with Crippen LogP contribution in [0.15, 0.2) is 184 Å².